The van der Waals surface area contributed by atoms with E-state index >= 15 is 0 Å². The van der Waals surface area contributed by atoms with Gasteiger partial charge >= 0.3 is 5.97 Å². The molecule has 1 rings (SSSR count). The lowest BCUT2D eigenvalue weighted by molar-refractivity contribution is -0.140. The second-order valence-electron chi connectivity index (χ2n) is 3.99. The predicted octanol–water partition coefficient (Wildman–Crippen LogP) is -0.0721. The highest BCUT2D eigenvalue weighted by atomic mass is 16.4. The van der Waals surface area contributed by atoms with Crippen molar-refractivity contribution in [3.63, 3.8) is 0 Å². The minimum absolute atomic E-state index is 0.348. The molecule has 0 aromatic heterocycles. The summed E-state index contributed by atoms with van der Waals surface area (Å²) in [5.41, 5.74) is 1.28. The van der Waals surface area contributed by atoms with Gasteiger partial charge in [-0.25, -0.2) is 4.79 Å². The second kappa shape index (κ2) is 6.02. The largest absolute Gasteiger partial charge is 0.480 e. The lowest BCUT2D eigenvalue weighted by atomic mass is 10.1. The number of carbonyl (C=O) groups is 2. The summed E-state index contributed by atoms with van der Waals surface area (Å²) in [6, 6.07) is 5.42. The number of rotatable bonds is 5. The first kappa shape index (κ1) is 14.0. The SMILES string of the molecule is CN(C)c1ccc(C(=O)N[C@@H](CO)C(=O)O)cc1. The second-order valence-corrected chi connectivity index (χ2v) is 3.99. The first-order chi connectivity index (χ1) is 8.45. The summed E-state index contributed by atoms with van der Waals surface area (Å²) in [7, 11) is 3.75. The van der Waals surface area contributed by atoms with Gasteiger partial charge in [0.2, 0.25) is 0 Å². The fraction of sp³-hybridized carbons (Fsp3) is 0.333. The van der Waals surface area contributed by atoms with Gasteiger partial charge in [0.15, 0.2) is 6.04 Å². The molecule has 6 nitrogen and oxygen atoms in total. The van der Waals surface area contributed by atoms with Crippen LogP contribution in [0.15, 0.2) is 24.3 Å². The summed E-state index contributed by atoms with van der Waals surface area (Å²) in [6.45, 7) is -0.642. The predicted molar refractivity (Wildman–Crippen MR) is 66.7 cm³/mol. The molecular weight excluding hydrogens is 236 g/mol. The third kappa shape index (κ3) is 3.46. The van der Waals surface area contributed by atoms with E-state index in [1.54, 1.807) is 24.3 Å². The van der Waals surface area contributed by atoms with E-state index in [9.17, 15) is 9.59 Å². The van der Waals surface area contributed by atoms with Crippen LogP contribution in [-0.2, 0) is 4.79 Å². The van der Waals surface area contributed by atoms with Crippen molar-refractivity contribution in [3.05, 3.63) is 29.8 Å². The van der Waals surface area contributed by atoms with Crippen LogP contribution in [0.3, 0.4) is 0 Å². The highest BCUT2D eigenvalue weighted by Gasteiger charge is 2.19. The van der Waals surface area contributed by atoms with Crippen LogP contribution in [0.25, 0.3) is 0 Å². The van der Waals surface area contributed by atoms with Crippen molar-refractivity contribution in [2.75, 3.05) is 25.6 Å². The third-order valence-electron chi connectivity index (χ3n) is 2.43. The van der Waals surface area contributed by atoms with E-state index in [0.29, 0.717) is 5.56 Å². The molecule has 6 heteroatoms. The van der Waals surface area contributed by atoms with Gasteiger partial charge in [0.25, 0.3) is 5.91 Å². The molecular formula is C12H16N2O4. The van der Waals surface area contributed by atoms with E-state index in [4.69, 9.17) is 10.2 Å². The number of carboxylic acid groups (broad SMARTS) is 1. The van der Waals surface area contributed by atoms with Crippen LogP contribution in [-0.4, -0.2) is 48.8 Å². The number of aliphatic hydroxyl groups is 1. The van der Waals surface area contributed by atoms with Crippen LogP contribution in [0.1, 0.15) is 10.4 Å². The van der Waals surface area contributed by atoms with Crippen molar-refractivity contribution < 1.29 is 19.8 Å². The van der Waals surface area contributed by atoms with Crippen LogP contribution < -0.4 is 10.2 Å². The van der Waals surface area contributed by atoms with Gasteiger partial charge in [-0.1, -0.05) is 0 Å². The van der Waals surface area contributed by atoms with Gasteiger partial charge < -0.3 is 20.4 Å². The number of aliphatic hydroxyl groups excluding tert-OH is 1. The van der Waals surface area contributed by atoms with E-state index < -0.39 is 24.5 Å². The van der Waals surface area contributed by atoms with Gasteiger partial charge in [0.1, 0.15) is 0 Å². The summed E-state index contributed by atoms with van der Waals surface area (Å²) >= 11 is 0. The number of carboxylic acids is 1. The molecule has 18 heavy (non-hydrogen) atoms. The molecule has 1 aromatic rings. The molecule has 1 atom stereocenters. The average molecular weight is 252 g/mol. The van der Waals surface area contributed by atoms with Crippen LogP contribution >= 0.6 is 0 Å². The minimum Gasteiger partial charge on any atom is -0.480 e. The number of carbonyl (C=O) groups excluding carboxylic acids is 1. The lowest BCUT2D eigenvalue weighted by Gasteiger charge is -2.14. The quantitative estimate of drug-likeness (QED) is 0.682. The fourth-order valence-electron chi connectivity index (χ4n) is 1.34. The Balaban J connectivity index is 2.75. The van der Waals surface area contributed by atoms with Crippen LogP contribution in [0.5, 0.6) is 0 Å². The van der Waals surface area contributed by atoms with Crippen molar-refractivity contribution in [2.45, 2.75) is 6.04 Å². The summed E-state index contributed by atoms with van der Waals surface area (Å²) in [6.07, 6.45) is 0. The maximum absolute atomic E-state index is 11.7. The number of hydrogen-bond acceptors (Lipinski definition) is 4. The first-order valence-electron chi connectivity index (χ1n) is 5.37. The molecule has 0 aliphatic carbocycles. The van der Waals surface area contributed by atoms with Gasteiger partial charge in [-0.2, -0.15) is 0 Å². The average Bonchev–Trinajstić information content (AvgIpc) is 2.35. The molecule has 0 fully saturated rings. The Morgan fingerprint density at radius 3 is 2.22 bits per heavy atom. The molecule has 0 unspecified atom stereocenters. The Kier molecular flexibility index (Phi) is 4.67. The Labute approximate surface area is 105 Å². The number of hydrogen-bond donors (Lipinski definition) is 3. The van der Waals surface area contributed by atoms with Crippen molar-refractivity contribution in [1.82, 2.24) is 5.32 Å². The van der Waals surface area contributed by atoms with Gasteiger partial charge in [0.05, 0.1) is 6.61 Å². The molecule has 1 aromatic carbocycles. The molecule has 1 amide bonds. The van der Waals surface area contributed by atoms with Crippen molar-refractivity contribution in [1.29, 1.82) is 0 Å². The maximum atomic E-state index is 11.7. The Bertz CT molecular complexity index is 428. The molecule has 0 radical (unpaired) electrons. The topological polar surface area (TPSA) is 89.9 Å². The molecule has 0 saturated carbocycles. The zero-order valence-corrected chi connectivity index (χ0v) is 10.3. The Morgan fingerprint density at radius 2 is 1.83 bits per heavy atom. The number of aliphatic carboxylic acids is 1. The van der Waals surface area contributed by atoms with Crippen molar-refractivity contribution in [3.8, 4) is 0 Å². The van der Waals surface area contributed by atoms with E-state index in [-0.39, 0.29) is 0 Å². The van der Waals surface area contributed by atoms with Crippen molar-refractivity contribution in [2.24, 2.45) is 0 Å². The van der Waals surface area contributed by atoms with E-state index in [1.807, 2.05) is 19.0 Å². The minimum atomic E-state index is -1.29. The highest BCUT2D eigenvalue weighted by molar-refractivity contribution is 5.96. The summed E-state index contributed by atoms with van der Waals surface area (Å²) in [5.74, 6) is -1.79. The number of benzene rings is 1. The summed E-state index contributed by atoms with van der Waals surface area (Å²) < 4.78 is 0. The van der Waals surface area contributed by atoms with E-state index in [1.165, 1.54) is 0 Å². The molecule has 0 heterocycles. The highest BCUT2D eigenvalue weighted by Crippen LogP contribution is 2.12. The van der Waals surface area contributed by atoms with Crippen LogP contribution in [0.2, 0.25) is 0 Å². The fourth-order valence-corrected chi connectivity index (χ4v) is 1.34. The van der Waals surface area contributed by atoms with Gasteiger partial charge in [-0.05, 0) is 24.3 Å². The van der Waals surface area contributed by atoms with Gasteiger partial charge in [-0.15, -0.1) is 0 Å². The Morgan fingerprint density at radius 1 is 1.28 bits per heavy atom. The monoisotopic (exact) mass is 252 g/mol. The molecule has 98 valence electrons. The standard InChI is InChI=1S/C12H16N2O4/c1-14(2)9-5-3-8(4-6-9)11(16)13-10(7-15)12(17)18/h3-6,10,15H,7H2,1-2H3,(H,13,16)(H,17,18)/t10-/m0/s1. The lowest BCUT2D eigenvalue weighted by Crippen LogP contribution is -2.43. The first-order valence-corrected chi connectivity index (χ1v) is 5.37. The zero-order valence-electron chi connectivity index (χ0n) is 10.3. The number of anilines is 1. The normalized spacial score (nSPS) is 11.7. The number of nitrogens with one attached hydrogen (secondary N) is 1. The van der Waals surface area contributed by atoms with Gasteiger partial charge in [-0.3, -0.25) is 4.79 Å². The maximum Gasteiger partial charge on any atom is 0.328 e. The summed E-state index contributed by atoms with van der Waals surface area (Å²) in [4.78, 5) is 24.2. The molecule has 0 aliphatic heterocycles. The third-order valence-corrected chi connectivity index (χ3v) is 2.43. The summed E-state index contributed by atoms with van der Waals surface area (Å²) in [5, 5.41) is 19.7. The molecule has 0 saturated heterocycles. The van der Waals surface area contributed by atoms with E-state index in [0.717, 1.165) is 5.69 Å². The van der Waals surface area contributed by atoms with E-state index in [2.05, 4.69) is 5.32 Å². The van der Waals surface area contributed by atoms with Crippen LogP contribution in [0, 0.1) is 0 Å². The number of nitrogens with zero attached hydrogens (tertiary/aromatic N) is 1. The Hall–Kier alpha value is -2.08. The van der Waals surface area contributed by atoms with Crippen LogP contribution in [0.4, 0.5) is 5.69 Å². The zero-order chi connectivity index (χ0) is 13.7. The molecule has 3 N–H and O–H groups in total. The molecule has 0 spiro atoms. The molecule has 0 aliphatic rings. The van der Waals surface area contributed by atoms with Gasteiger partial charge in [0, 0.05) is 25.3 Å². The molecule has 0 bridgehead atoms. The smallest absolute Gasteiger partial charge is 0.328 e. The van der Waals surface area contributed by atoms with Crippen molar-refractivity contribution >= 4 is 17.6 Å². The number of amides is 1.